The lowest BCUT2D eigenvalue weighted by Gasteiger charge is -2.23. The number of nitrogens with zero attached hydrogens (tertiary/aromatic N) is 1. The van der Waals surface area contributed by atoms with Gasteiger partial charge in [0.15, 0.2) is 12.2 Å². The molecule has 0 fully saturated rings. The van der Waals surface area contributed by atoms with E-state index in [9.17, 15) is 9.59 Å². The number of carbonyl (C=O) groups excluding carboxylic acids is 2. The maximum absolute atomic E-state index is 12.1. The van der Waals surface area contributed by atoms with E-state index in [2.05, 4.69) is 20.9 Å². The largest absolute Gasteiger partial charge is 0.444 e. The molecule has 0 spiro atoms. The summed E-state index contributed by atoms with van der Waals surface area (Å²) in [5, 5.41) is 8.12. The SMILES string of the molecule is C[C@@H](NC(=O)Nc1cccc(-c2cnco2)c1)C(=O)NC(C)(C)C. The number of rotatable bonds is 4. The molecule has 7 heteroatoms. The van der Waals surface area contributed by atoms with Crippen LogP contribution in [0.3, 0.4) is 0 Å². The fraction of sp³-hybridized carbons (Fsp3) is 0.353. The van der Waals surface area contributed by atoms with Gasteiger partial charge < -0.3 is 20.4 Å². The summed E-state index contributed by atoms with van der Waals surface area (Å²) >= 11 is 0. The monoisotopic (exact) mass is 330 g/mol. The molecule has 3 N–H and O–H groups in total. The van der Waals surface area contributed by atoms with Crippen LogP contribution in [0, 0.1) is 0 Å². The first-order valence-electron chi connectivity index (χ1n) is 7.63. The van der Waals surface area contributed by atoms with Crippen molar-refractivity contribution in [1.82, 2.24) is 15.6 Å². The maximum Gasteiger partial charge on any atom is 0.319 e. The molecule has 0 radical (unpaired) electrons. The maximum atomic E-state index is 12.1. The second kappa shape index (κ2) is 7.16. The average molecular weight is 330 g/mol. The van der Waals surface area contributed by atoms with E-state index in [-0.39, 0.29) is 11.4 Å². The van der Waals surface area contributed by atoms with Gasteiger partial charge in [-0.25, -0.2) is 9.78 Å². The van der Waals surface area contributed by atoms with E-state index in [1.807, 2.05) is 26.8 Å². The van der Waals surface area contributed by atoms with E-state index in [0.717, 1.165) is 5.56 Å². The van der Waals surface area contributed by atoms with Gasteiger partial charge in [0.25, 0.3) is 0 Å². The van der Waals surface area contributed by atoms with Crippen LogP contribution in [0.2, 0.25) is 0 Å². The van der Waals surface area contributed by atoms with Crippen LogP contribution < -0.4 is 16.0 Å². The molecular weight excluding hydrogens is 308 g/mol. The minimum absolute atomic E-state index is 0.243. The summed E-state index contributed by atoms with van der Waals surface area (Å²) in [5.41, 5.74) is 1.03. The van der Waals surface area contributed by atoms with E-state index >= 15 is 0 Å². The van der Waals surface area contributed by atoms with Gasteiger partial charge in [0.2, 0.25) is 5.91 Å². The quantitative estimate of drug-likeness (QED) is 0.803. The highest BCUT2D eigenvalue weighted by atomic mass is 16.3. The number of benzene rings is 1. The van der Waals surface area contributed by atoms with E-state index in [0.29, 0.717) is 11.4 Å². The van der Waals surface area contributed by atoms with Gasteiger partial charge in [0.05, 0.1) is 6.20 Å². The van der Waals surface area contributed by atoms with Crippen LogP contribution in [0.15, 0.2) is 41.3 Å². The molecule has 2 aromatic rings. The van der Waals surface area contributed by atoms with Gasteiger partial charge in [0, 0.05) is 16.8 Å². The van der Waals surface area contributed by atoms with Gasteiger partial charge >= 0.3 is 6.03 Å². The number of aromatic nitrogens is 1. The predicted molar refractivity (Wildman–Crippen MR) is 91.5 cm³/mol. The van der Waals surface area contributed by atoms with Crippen molar-refractivity contribution in [3.8, 4) is 11.3 Å². The Balaban J connectivity index is 1.95. The molecule has 128 valence electrons. The molecule has 1 atom stereocenters. The lowest BCUT2D eigenvalue weighted by Crippen LogP contribution is -2.51. The highest BCUT2D eigenvalue weighted by molar-refractivity contribution is 5.94. The zero-order chi connectivity index (χ0) is 17.7. The zero-order valence-electron chi connectivity index (χ0n) is 14.2. The standard InChI is InChI=1S/C17H22N4O3/c1-11(15(22)21-17(2,3)4)19-16(23)20-13-7-5-6-12(8-13)14-9-18-10-24-14/h5-11H,1-4H3,(H,21,22)(H2,19,20,23)/t11-/m1/s1. The molecule has 24 heavy (non-hydrogen) atoms. The Morgan fingerprint density at radius 1 is 1.25 bits per heavy atom. The number of hydrogen-bond acceptors (Lipinski definition) is 4. The first kappa shape index (κ1) is 17.5. The van der Waals surface area contributed by atoms with Gasteiger partial charge in [-0.05, 0) is 39.8 Å². The normalized spacial score (nSPS) is 12.3. The van der Waals surface area contributed by atoms with Crippen molar-refractivity contribution in [3.05, 3.63) is 36.9 Å². The molecule has 0 aliphatic heterocycles. The van der Waals surface area contributed by atoms with E-state index < -0.39 is 12.1 Å². The number of hydrogen-bond donors (Lipinski definition) is 3. The average Bonchev–Trinajstić information content (AvgIpc) is 2.99. The topological polar surface area (TPSA) is 96.3 Å². The molecule has 0 unspecified atom stereocenters. The third kappa shape index (κ3) is 5.12. The van der Waals surface area contributed by atoms with Crippen molar-refractivity contribution in [2.24, 2.45) is 0 Å². The summed E-state index contributed by atoms with van der Waals surface area (Å²) in [6.07, 6.45) is 2.94. The summed E-state index contributed by atoms with van der Waals surface area (Å²) in [4.78, 5) is 27.9. The molecule has 0 bridgehead atoms. The van der Waals surface area contributed by atoms with Crippen molar-refractivity contribution < 1.29 is 14.0 Å². The second-order valence-corrected chi connectivity index (χ2v) is 6.51. The van der Waals surface area contributed by atoms with Crippen LogP contribution in [0.25, 0.3) is 11.3 Å². The van der Waals surface area contributed by atoms with E-state index in [1.54, 1.807) is 31.3 Å². The zero-order valence-corrected chi connectivity index (χ0v) is 14.2. The van der Waals surface area contributed by atoms with E-state index in [4.69, 9.17) is 4.42 Å². The minimum atomic E-state index is -0.651. The fourth-order valence-corrected chi connectivity index (χ4v) is 2.02. The first-order valence-corrected chi connectivity index (χ1v) is 7.63. The number of urea groups is 1. The van der Waals surface area contributed by atoms with Crippen molar-refractivity contribution in [2.75, 3.05) is 5.32 Å². The van der Waals surface area contributed by atoms with Gasteiger partial charge in [-0.15, -0.1) is 0 Å². The Morgan fingerprint density at radius 2 is 2.00 bits per heavy atom. The molecule has 7 nitrogen and oxygen atoms in total. The molecule has 1 aromatic carbocycles. The smallest absolute Gasteiger partial charge is 0.319 e. The third-order valence-corrected chi connectivity index (χ3v) is 3.08. The summed E-state index contributed by atoms with van der Waals surface area (Å²) in [5.74, 6) is 0.366. The van der Waals surface area contributed by atoms with Crippen molar-refractivity contribution in [1.29, 1.82) is 0 Å². The highest BCUT2D eigenvalue weighted by Gasteiger charge is 2.20. The number of oxazole rings is 1. The first-order chi connectivity index (χ1) is 11.2. The Labute approximate surface area is 140 Å². The Kier molecular flexibility index (Phi) is 5.23. The number of amides is 3. The molecular formula is C17H22N4O3. The van der Waals surface area contributed by atoms with Gasteiger partial charge in [-0.1, -0.05) is 12.1 Å². The molecule has 1 heterocycles. The molecule has 0 aliphatic rings. The minimum Gasteiger partial charge on any atom is -0.444 e. The number of anilines is 1. The Morgan fingerprint density at radius 3 is 2.62 bits per heavy atom. The van der Waals surface area contributed by atoms with Crippen LogP contribution in [-0.2, 0) is 4.79 Å². The Hall–Kier alpha value is -2.83. The van der Waals surface area contributed by atoms with Crippen molar-refractivity contribution >= 4 is 17.6 Å². The lowest BCUT2D eigenvalue weighted by molar-refractivity contribution is -0.123. The third-order valence-electron chi connectivity index (χ3n) is 3.08. The second-order valence-electron chi connectivity index (χ2n) is 6.51. The van der Waals surface area contributed by atoms with E-state index in [1.165, 1.54) is 6.39 Å². The molecule has 0 aliphatic carbocycles. The van der Waals surface area contributed by atoms with Crippen molar-refractivity contribution in [3.63, 3.8) is 0 Å². The van der Waals surface area contributed by atoms with Crippen molar-refractivity contribution in [2.45, 2.75) is 39.3 Å². The summed E-state index contributed by atoms with van der Waals surface area (Å²) in [6.45, 7) is 7.28. The fourth-order valence-electron chi connectivity index (χ4n) is 2.02. The van der Waals surface area contributed by atoms with Crippen LogP contribution >= 0.6 is 0 Å². The molecule has 2 rings (SSSR count). The Bertz CT molecular complexity index is 705. The summed E-state index contributed by atoms with van der Waals surface area (Å²) in [6, 6.07) is 6.05. The van der Waals surface area contributed by atoms with Crippen LogP contribution in [0.5, 0.6) is 0 Å². The molecule has 0 saturated heterocycles. The van der Waals surface area contributed by atoms with Crippen LogP contribution in [-0.4, -0.2) is 28.5 Å². The molecule has 1 aromatic heterocycles. The van der Waals surface area contributed by atoms with Crippen LogP contribution in [0.1, 0.15) is 27.7 Å². The molecule has 3 amide bonds. The van der Waals surface area contributed by atoms with Gasteiger partial charge in [-0.3, -0.25) is 4.79 Å². The highest BCUT2D eigenvalue weighted by Crippen LogP contribution is 2.21. The number of nitrogens with one attached hydrogen (secondary N) is 3. The summed E-state index contributed by atoms with van der Waals surface area (Å²) in [7, 11) is 0. The van der Waals surface area contributed by atoms with Crippen LogP contribution in [0.4, 0.5) is 10.5 Å². The predicted octanol–water partition coefficient (Wildman–Crippen LogP) is 2.77. The number of carbonyl (C=O) groups is 2. The lowest BCUT2D eigenvalue weighted by atomic mass is 10.1. The summed E-state index contributed by atoms with van der Waals surface area (Å²) < 4.78 is 5.23. The van der Waals surface area contributed by atoms with Gasteiger partial charge in [-0.2, -0.15) is 0 Å². The molecule has 0 saturated carbocycles. The van der Waals surface area contributed by atoms with Gasteiger partial charge in [0.1, 0.15) is 6.04 Å².